The number of hydrogen-bond donors (Lipinski definition) is 0. The Hall–Kier alpha value is 0.232. The van der Waals surface area contributed by atoms with E-state index in [0.29, 0.717) is 0 Å². The highest BCUT2D eigenvalue weighted by molar-refractivity contribution is 9.10. The Labute approximate surface area is 68.2 Å². The molecule has 0 amide bonds. The molecule has 0 aliphatic heterocycles. The highest BCUT2D eigenvalue weighted by Gasteiger charge is 1.74. The van der Waals surface area contributed by atoms with Crippen LogP contribution in [0.2, 0.25) is 0 Å². The van der Waals surface area contributed by atoms with Gasteiger partial charge in [0.15, 0.2) is 17.4 Å². The molecule has 0 N–H and O–H groups in total. The largest absolute Gasteiger partial charge is 0.187 e. The maximum absolute atomic E-state index is 3.29. The van der Waals surface area contributed by atoms with Gasteiger partial charge in [-0.25, -0.2) is 0 Å². The van der Waals surface area contributed by atoms with Gasteiger partial charge in [0, 0.05) is 4.47 Å². The molecule has 0 aliphatic rings. The van der Waals surface area contributed by atoms with Crippen molar-refractivity contribution in [1.29, 1.82) is 0 Å². The Morgan fingerprint density at radius 2 is 1.75 bits per heavy atom. The molecule has 0 heterocycles. The second kappa shape index (κ2) is 4.15. The summed E-state index contributed by atoms with van der Waals surface area (Å²) in [5.74, 6) is 0. The topological polar surface area (TPSA) is 0 Å². The first kappa shape index (κ1) is 8.23. The third kappa shape index (κ3) is 2.52. The lowest BCUT2D eigenvalue weighted by atomic mass is 10.4. The van der Waals surface area contributed by atoms with Gasteiger partial charge in [0.2, 0.25) is 0 Å². The normalized spacial score (nSPS) is 7.62. The molecule has 41 valence electrons. The SMILES string of the molecule is Brc1cc[c]cc1.[AlH3]. The molecule has 0 unspecified atom stereocenters. The zero-order valence-electron chi connectivity index (χ0n) is 3.69. The second-order valence-electron chi connectivity index (χ2n) is 1.22. The molecule has 1 radical (unpaired) electrons. The first-order valence-electron chi connectivity index (χ1n) is 2.01. The Morgan fingerprint density at radius 3 is 2.00 bits per heavy atom. The summed E-state index contributed by atoms with van der Waals surface area (Å²) in [4.78, 5) is 0. The fourth-order valence-electron chi connectivity index (χ4n) is 0.367. The van der Waals surface area contributed by atoms with Crippen LogP contribution in [0.25, 0.3) is 0 Å². The van der Waals surface area contributed by atoms with E-state index in [9.17, 15) is 0 Å². The predicted octanol–water partition coefficient (Wildman–Crippen LogP) is 1.07. The first-order chi connectivity index (χ1) is 3.39. The van der Waals surface area contributed by atoms with Crippen molar-refractivity contribution in [3.63, 3.8) is 0 Å². The number of benzene rings is 1. The van der Waals surface area contributed by atoms with Gasteiger partial charge in [0.25, 0.3) is 0 Å². The smallest absolute Gasteiger partial charge is 0.0533 e. The van der Waals surface area contributed by atoms with Crippen LogP contribution in [0, 0.1) is 6.07 Å². The van der Waals surface area contributed by atoms with E-state index >= 15 is 0 Å². The molecule has 1 aromatic carbocycles. The van der Waals surface area contributed by atoms with Gasteiger partial charge in [-0.15, -0.1) is 0 Å². The number of rotatable bonds is 0. The summed E-state index contributed by atoms with van der Waals surface area (Å²) >= 11 is 3.29. The van der Waals surface area contributed by atoms with E-state index in [4.69, 9.17) is 0 Å². The minimum atomic E-state index is 0. The van der Waals surface area contributed by atoms with Crippen LogP contribution in [0.4, 0.5) is 0 Å². The summed E-state index contributed by atoms with van der Waals surface area (Å²) in [7, 11) is 0. The predicted molar refractivity (Wildman–Crippen MR) is 42.9 cm³/mol. The molecule has 0 aromatic heterocycles. The van der Waals surface area contributed by atoms with E-state index in [0.717, 1.165) is 4.47 Å². The Bertz CT molecular complexity index is 138. The number of hydrogen-bond acceptors (Lipinski definition) is 0. The van der Waals surface area contributed by atoms with E-state index in [2.05, 4.69) is 22.0 Å². The van der Waals surface area contributed by atoms with Gasteiger partial charge >= 0.3 is 0 Å². The third-order valence-electron chi connectivity index (χ3n) is 0.678. The van der Waals surface area contributed by atoms with Crippen molar-refractivity contribution in [3.05, 3.63) is 34.8 Å². The quantitative estimate of drug-likeness (QED) is 0.531. The molecule has 2 heteroatoms. The van der Waals surface area contributed by atoms with Crippen LogP contribution in [0.1, 0.15) is 0 Å². The Morgan fingerprint density at radius 1 is 1.25 bits per heavy atom. The summed E-state index contributed by atoms with van der Waals surface area (Å²) in [6.07, 6.45) is 0. The van der Waals surface area contributed by atoms with Gasteiger partial charge in [-0.05, 0) is 18.2 Å². The molecule has 0 fully saturated rings. The summed E-state index contributed by atoms with van der Waals surface area (Å²) in [6, 6.07) is 10.5. The summed E-state index contributed by atoms with van der Waals surface area (Å²) in [5.41, 5.74) is 0. The van der Waals surface area contributed by atoms with Crippen LogP contribution in [0.5, 0.6) is 0 Å². The third-order valence-corrected chi connectivity index (χ3v) is 1.21. The van der Waals surface area contributed by atoms with Gasteiger partial charge in [-0.3, -0.25) is 0 Å². The van der Waals surface area contributed by atoms with Crippen LogP contribution in [0.15, 0.2) is 28.7 Å². The van der Waals surface area contributed by atoms with Crippen molar-refractivity contribution >= 4 is 33.3 Å². The monoisotopic (exact) mass is 185 g/mol. The summed E-state index contributed by atoms with van der Waals surface area (Å²) < 4.78 is 1.10. The van der Waals surface area contributed by atoms with Crippen LogP contribution < -0.4 is 0 Å². The molecule has 0 saturated carbocycles. The Balaban J connectivity index is 0.000000490. The minimum Gasteiger partial charge on any atom is -0.0533 e. The van der Waals surface area contributed by atoms with Crippen LogP contribution in [-0.4, -0.2) is 17.4 Å². The molecule has 1 rings (SSSR count). The van der Waals surface area contributed by atoms with Gasteiger partial charge in [-0.2, -0.15) is 0 Å². The lowest BCUT2D eigenvalue weighted by molar-refractivity contribution is 1.64. The van der Waals surface area contributed by atoms with Crippen molar-refractivity contribution < 1.29 is 0 Å². The number of halogens is 1. The maximum atomic E-state index is 3.29. The zero-order valence-corrected chi connectivity index (χ0v) is 5.27. The molecule has 1 aromatic rings. The lowest BCUT2D eigenvalue weighted by Crippen LogP contribution is -1.56. The van der Waals surface area contributed by atoms with Crippen molar-refractivity contribution in [2.45, 2.75) is 0 Å². The molecule has 0 spiro atoms. The maximum Gasteiger partial charge on any atom is 0.187 e. The molecule has 0 saturated heterocycles. The minimum absolute atomic E-state index is 0. The fraction of sp³-hybridized carbons (Fsp3) is 0. The molecular formula is C6H7AlBr. The molecule has 0 atom stereocenters. The standard InChI is InChI=1S/C6H4Br.Al.3H/c7-6-4-2-1-3-5-6;;;;/h2-5H;;;;. The van der Waals surface area contributed by atoms with E-state index in [1.165, 1.54) is 0 Å². The Kier molecular flexibility index (Phi) is 4.27. The second-order valence-corrected chi connectivity index (χ2v) is 2.13. The van der Waals surface area contributed by atoms with Gasteiger partial charge in [-0.1, -0.05) is 28.1 Å². The van der Waals surface area contributed by atoms with Gasteiger partial charge in [0.05, 0.1) is 0 Å². The van der Waals surface area contributed by atoms with E-state index in [1.807, 2.05) is 24.3 Å². The van der Waals surface area contributed by atoms with E-state index in [-0.39, 0.29) is 17.4 Å². The first-order valence-corrected chi connectivity index (χ1v) is 2.80. The molecule has 0 aliphatic carbocycles. The van der Waals surface area contributed by atoms with Crippen LogP contribution in [-0.2, 0) is 0 Å². The van der Waals surface area contributed by atoms with E-state index < -0.39 is 0 Å². The van der Waals surface area contributed by atoms with Crippen molar-refractivity contribution in [3.8, 4) is 0 Å². The lowest BCUT2D eigenvalue weighted by Gasteiger charge is -1.79. The molecule has 0 bridgehead atoms. The molecule has 0 nitrogen and oxygen atoms in total. The average Bonchev–Trinajstić information content (AvgIpc) is 1.69. The highest BCUT2D eigenvalue weighted by atomic mass is 79.9. The van der Waals surface area contributed by atoms with Crippen molar-refractivity contribution in [1.82, 2.24) is 0 Å². The van der Waals surface area contributed by atoms with Crippen LogP contribution in [0.3, 0.4) is 0 Å². The molecular weight excluding hydrogens is 179 g/mol. The van der Waals surface area contributed by atoms with Crippen molar-refractivity contribution in [2.75, 3.05) is 0 Å². The van der Waals surface area contributed by atoms with Crippen LogP contribution >= 0.6 is 15.9 Å². The van der Waals surface area contributed by atoms with Gasteiger partial charge < -0.3 is 0 Å². The summed E-state index contributed by atoms with van der Waals surface area (Å²) in [6.45, 7) is 0. The fourth-order valence-corrected chi connectivity index (χ4v) is 0.631. The van der Waals surface area contributed by atoms with E-state index in [1.54, 1.807) is 0 Å². The summed E-state index contributed by atoms with van der Waals surface area (Å²) in [5, 5.41) is 0. The highest BCUT2D eigenvalue weighted by Crippen LogP contribution is 2.04. The zero-order chi connectivity index (χ0) is 5.11. The van der Waals surface area contributed by atoms with Crippen molar-refractivity contribution in [2.24, 2.45) is 0 Å². The average molecular weight is 186 g/mol. The molecule has 8 heavy (non-hydrogen) atoms. The van der Waals surface area contributed by atoms with Gasteiger partial charge in [0.1, 0.15) is 0 Å².